The summed E-state index contributed by atoms with van der Waals surface area (Å²) in [5.41, 5.74) is -0.589. The third kappa shape index (κ3) is 1.42. The van der Waals surface area contributed by atoms with Crippen molar-refractivity contribution in [3.05, 3.63) is 0 Å². The van der Waals surface area contributed by atoms with E-state index in [0.29, 0.717) is 0 Å². The summed E-state index contributed by atoms with van der Waals surface area (Å²) >= 11 is 17.2. The molecule has 0 aromatic heterocycles. The van der Waals surface area contributed by atoms with Crippen molar-refractivity contribution in [1.82, 2.24) is 4.90 Å². The Morgan fingerprint density at radius 3 is 2.79 bits per heavy atom. The maximum absolute atomic E-state index is 11.6. The Bertz CT molecular complexity index is 278. The number of nitrogens with zero attached hydrogens (tertiary/aromatic N) is 1. The van der Waals surface area contributed by atoms with E-state index in [-0.39, 0.29) is 5.97 Å². The topological polar surface area (TPSA) is 29.5 Å². The maximum Gasteiger partial charge on any atom is 0.328 e. The van der Waals surface area contributed by atoms with Crippen molar-refractivity contribution in [2.75, 3.05) is 6.54 Å². The van der Waals surface area contributed by atoms with Crippen LogP contribution in [0, 0.1) is 0 Å². The van der Waals surface area contributed by atoms with Gasteiger partial charge in [0.25, 0.3) is 0 Å². The fraction of sp³-hybridized carbons (Fsp3) is 0.875. The van der Waals surface area contributed by atoms with E-state index in [9.17, 15) is 4.79 Å². The number of halogens is 3. The summed E-state index contributed by atoms with van der Waals surface area (Å²) in [6, 6.07) is 0. The van der Waals surface area contributed by atoms with Crippen LogP contribution in [0.1, 0.15) is 19.8 Å². The van der Waals surface area contributed by atoms with Gasteiger partial charge in [-0.15, -0.1) is 0 Å². The van der Waals surface area contributed by atoms with E-state index in [1.165, 1.54) is 0 Å². The van der Waals surface area contributed by atoms with Crippen LogP contribution in [0.5, 0.6) is 0 Å². The molecule has 0 bridgehead atoms. The lowest BCUT2D eigenvalue weighted by Gasteiger charge is -2.29. The molecular weight excluding hydrogens is 248 g/mol. The number of hydrogen-bond acceptors (Lipinski definition) is 3. The number of hydrogen-bond donors (Lipinski definition) is 0. The van der Waals surface area contributed by atoms with Gasteiger partial charge < -0.3 is 4.74 Å². The number of alkyl halides is 3. The van der Waals surface area contributed by atoms with E-state index in [4.69, 9.17) is 39.5 Å². The van der Waals surface area contributed by atoms with Crippen molar-refractivity contribution in [2.45, 2.75) is 35.3 Å². The fourth-order valence-electron chi connectivity index (χ4n) is 2.11. The summed E-state index contributed by atoms with van der Waals surface area (Å²) in [5.74, 6) is -0.286. The Kier molecular flexibility index (Phi) is 2.43. The lowest BCUT2D eigenvalue weighted by molar-refractivity contribution is -0.145. The van der Waals surface area contributed by atoms with Crippen molar-refractivity contribution < 1.29 is 9.53 Å². The van der Waals surface area contributed by atoms with Crippen molar-refractivity contribution in [3.8, 4) is 0 Å². The van der Waals surface area contributed by atoms with Gasteiger partial charge in [-0.1, -0.05) is 34.8 Å². The van der Waals surface area contributed by atoms with E-state index < -0.39 is 15.6 Å². The molecule has 0 saturated carbocycles. The summed E-state index contributed by atoms with van der Waals surface area (Å²) < 4.78 is 3.52. The van der Waals surface area contributed by atoms with Crippen LogP contribution >= 0.6 is 34.8 Å². The van der Waals surface area contributed by atoms with Crippen LogP contribution < -0.4 is 0 Å². The van der Waals surface area contributed by atoms with Gasteiger partial charge >= 0.3 is 5.97 Å². The molecule has 80 valence electrons. The summed E-state index contributed by atoms with van der Waals surface area (Å²) in [6.45, 7) is 2.57. The Balaban J connectivity index is 2.30. The predicted molar refractivity (Wildman–Crippen MR) is 54.5 cm³/mol. The Hall–Kier alpha value is 0.300. The molecule has 2 fully saturated rings. The standard InChI is InChI=1S/C8H10Cl3NO2/c1-7-3-2-4-12(7)5(8(9,10)11)14-6(7)13/h5H,2-4H2,1H3/t5-,7+/m1/s1. The highest BCUT2D eigenvalue weighted by Crippen LogP contribution is 2.46. The molecule has 2 aliphatic heterocycles. The fourth-order valence-corrected chi connectivity index (χ4v) is 2.60. The zero-order valence-electron chi connectivity index (χ0n) is 7.60. The minimum atomic E-state index is -1.57. The monoisotopic (exact) mass is 257 g/mol. The molecule has 0 aromatic rings. The zero-order chi connectivity index (χ0) is 10.6. The summed E-state index contributed by atoms with van der Waals surface area (Å²) in [5, 5.41) is 0. The van der Waals surface area contributed by atoms with E-state index in [0.717, 1.165) is 19.4 Å². The first-order chi connectivity index (χ1) is 6.36. The molecule has 3 nitrogen and oxygen atoms in total. The third-order valence-electron chi connectivity index (χ3n) is 2.92. The van der Waals surface area contributed by atoms with Gasteiger partial charge in [-0.3, -0.25) is 0 Å². The largest absolute Gasteiger partial charge is 0.440 e. The Labute approximate surface area is 97.2 Å². The van der Waals surface area contributed by atoms with E-state index >= 15 is 0 Å². The molecule has 0 N–H and O–H groups in total. The smallest absolute Gasteiger partial charge is 0.328 e. The summed E-state index contributed by atoms with van der Waals surface area (Å²) in [6.07, 6.45) is 0.957. The SMILES string of the molecule is C[C@@]12CCCN1[C@@H](C(Cl)(Cl)Cl)OC2=O. The molecule has 0 radical (unpaired) electrons. The minimum absolute atomic E-state index is 0.286. The number of esters is 1. The molecule has 14 heavy (non-hydrogen) atoms. The summed E-state index contributed by atoms with van der Waals surface area (Å²) in [4.78, 5) is 13.4. The van der Waals surface area contributed by atoms with Crippen LogP contribution in [0.2, 0.25) is 0 Å². The van der Waals surface area contributed by atoms with Crippen molar-refractivity contribution >= 4 is 40.8 Å². The molecular formula is C8H10Cl3NO2. The Morgan fingerprint density at radius 2 is 2.21 bits per heavy atom. The number of rotatable bonds is 0. The second-order valence-electron chi connectivity index (χ2n) is 3.87. The molecule has 0 aliphatic carbocycles. The molecule has 0 unspecified atom stereocenters. The van der Waals surface area contributed by atoms with E-state index in [1.807, 2.05) is 11.8 Å². The van der Waals surface area contributed by atoms with E-state index in [1.54, 1.807) is 0 Å². The van der Waals surface area contributed by atoms with Crippen LogP contribution in [0.25, 0.3) is 0 Å². The average molecular weight is 259 g/mol. The number of ether oxygens (including phenoxy) is 1. The molecule has 2 heterocycles. The molecule has 0 aromatic carbocycles. The van der Waals surface area contributed by atoms with Gasteiger partial charge in [-0.25, -0.2) is 9.69 Å². The van der Waals surface area contributed by atoms with Crippen molar-refractivity contribution in [2.24, 2.45) is 0 Å². The quantitative estimate of drug-likeness (QED) is 0.492. The molecule has 2 saturated heterocycles. The lowest BCUT2D eigenvalue weighted by Crippen LogP contribution is -2.47. The van der Waals surface area contributed by atoms with Gasteiger partial charge in [0.15, 0.2) is 0 Å². The number of cyclic esters (lactones) is 1. The Morgan fingerprint density at radius 1 is 1.57 bits per heavy atom. The third-order valence-corrected chi connectivity index (χ3v) is 3.48. The molecule has 6 heteroatoms. The zero-order valence-corrected chi connectivity index (χ0v) is 9.86. The average Bonchev–Trinajstić information content (AvgIpc) is 2.49. The molecule has 2 aliphatic rings. The first-order valence-electron chi connectivity index (χ1n) is 4.40. The van der Waals surface area contributed by atoms with Crippen molar-refractivity contribution in [1.29, 1.82) is 0 Å². The molecule has 2 rings (SSSR count). The van der Waals surface area contributed by atoms with E-state index in [2.05, 4.69) is 0 Å². The summed E-state index contributed by atoms with van der Waals surface area (Å²) in [7, 11) is 0. The van der Waals surface area contributed by atoms with Gasteiger partial charge in [0.2, 0.25) is 10.0 Å². The highest BCUT2D eigenvalue weighted by molar-refractivity contribution is 6.68. The van der Waals surface area contributed by atoms with Gasteiger partial charge in [0.1, 0.15) is 5.54 Å². The van der Waals surface area contributed by atoms with Crippen LogP contribution in [0.4, 0.5) is 0 Å². The lowest BCUT2D eigenvalue weighted by atomic mass is 10.0. The van der Waals surface area contributed by atoms with Crippen LogP contribution in [0.3, 0.4) is 0 Å². The highest BCUT2D eigenvalue weighted by atomic mass is 35.6. The number of carbonyl (C=O) groups is 1. The van der Waals surface area contributed by atoms with Gasteiger partial charge in [-0.2, -0.15) is 0 Å². The second kappa shape index (κ2) is 3.14. The second-order valence-corrected chi connectivity index (χ2v) is 6.24. The number of fused-ring (bicyclic) bond motifs is 1. The highest BCUT2D eigenvalue weighted by Gasteiger charge is 2.59. The normalized spacial score (nSPS) is 38.6. The molecule has 2 atom stereocenters. The predicted octanol–water partition coefficient (Wildman–Crippen LogP) is 2.09. The van der Waals surface area contributed by atoms with Crippen LogP contribution in [0.15, 0.2) is 0 Å². The van der Waals surface area contributed by atoms with Crippen molar-refractivity contribution in [3.63, 3.8) is 0 Å². The van der Waals surface area contributed by atoms with Crippen LogP contribution in [-0.4, -0.2) is 33.0 Å². The first kappa shape index (κ1) is 10.8. The van der Waals surface area contributed by atoms with Gasteiger partial charge in [0.05, 0.1) is 0 Å². The number of carbonyl (C=O) groups excluding carboxylic acids is 1. The maximum atomic E-state index is 11.6. The first-order valence-corrected chi connectivity index (χ1v) is 5.54. The minimum Gasteiger partial charge on any atom is -0.440 e. The van der Waals surface area contributed by atoms with Gasteiger partial charge in [-0.05, 0) is 19.8 Å². The van der Waals surface area contributed by atoms with Crippen LogP contribution in [-0.2, 0) is 9.53 Å². The van der Waals surface area contributed by atoms with Gasteiger partial charge in [0, 0.05) is 6.54 Å². The molecule has 0 amide bonds. The molecule has 0 spiro atoms.